The van der Waals surface area contributed by atoms with Crippen LogP contribution in [0, 0.1) is 19.7 Å². The second-order valence-electron chi connectivity index (χ2n) is 8.80. The Morgan fingerprint density at radius 3 is 2.19 bits per heavy atom. The Bertz CT molecular complexity index is 1350. The minimum Gasteiger partial charge on any atom is -0.357 e. The van der Waals surface area contributed by atoms with Gasteiger partial charge in [0.25, 0.3) is 10.0 Å². The molecule has 0 spiro atoms. The molecule has 0 bridgehead atoms. The molecule has 196 valence electrons. The lowest BCUT2D eigenvalue weighted by molar-refractivity contribution is -0.140. The summed E-state index contributed by atoms with van der Waals surface area (Å²) >= 11 is 0. The Labute approximate surface area is 218 Å². The van der Waals surface area contributed by atoms with Gasteiger partial charge in [-0.25, -0.2) is 12.8 Å². The molecular formula is C28H32FN3O4S. The molecule has 0 aliphatic rings. The molecule has 0 aliphatic carbocycles. The lowest BCUT2D eigenvalue weighted by Crippen LogP contribution is -2.51. The lowest BCUT2D eigenvalue weighted by atomic mass is 10.1. The molecule has 2 amide bonds. The smallest absolute Gasteiger partial charge is 0.264 e. The molecule has 0 saturated carbocycles. The Hall–Kier alpha value is -3.72. The number of nitrogens with zero attached hydrogens (tertiary/aromatic N) is 2. The molecule has 0 aliphatic heterocycles. The van der Waals surface area contributed by atoms with Crippen LogP contribution in [0.5, 0.6) is 0 Å². The van der Waals surface area contributed by atoms with Crippen molar-refractivity contribution in [2.24, 2.45) is 0 Å². The first-order chi connectivity index (χ1) is 17.6. The van der Waals surface area contributed by atoms with Crippen molar-refractivity contribution >= 4 is 27.5 Å². The van der Waals surface area contributed by atoms with Crippen LogP contribution in [0.15, 0.2) is 77.7 Å². The SMILES string of the molecule is CCC(C(=O)NC)N(Cc1ccc(F)cc1)C(=O)CN(c1ccc(C)cc1C)S(=O)(=O)c1ccccc1. The van der Waals surface area contributed by atoms with E-state index in [9.17, 15) is 22.4 Å². The minimum absolute atomic E-state index is 0.0111. The molecule has 0 saturated heterocycles. The molecule has 9 heteroatoms. The summed E-state index contributed by atoms with van der Waals surface area (Å²) in [5.74, 6) is -1.35. The van der Waals surface area contributed by atoms with Crippen molar-refractivity contribution in [1.82, 2.24) is 10.2 Å². The van der Waals surface area contributed by atoms with Crippen LogP contribution in [-0.4, -0.2) is 44.8 Å². The van der Waals surface area contributed by atoms with Gasteiger partial charge in [0.05, 0.1) is 10.6 Å². The van der Waals surface area contributed by atoms with E-state index in [0.29, 0.717) is 23.2 Å². The minimum atomic E-state index is -4.12. The number of carbonyl (C=O) groups excluding carboxylic acids is 2. The largest absolute Gasteiger partial charge is 0.357 e. The average molecular weight is 526 g/mol. The Morgan fingerprint density at radius 1 is 0.973 bits per heavy atom. The normalized spacial score (nSPS) is 12.0. The van der Waals surface area contributed by atoms with E-state index < -0.39 is 34.3 Å². The van der Waals surface area contributed by atoms with Gasteiger partial charge in [-0.3, -0.25) is 13.9 Å². The number of nitrogens with one attached hydrogen (secondary N) is 1. The molecule has 3 rings (SSSR count). The van der Waals surface area contributed by atoms with Crippen LogP contribution < -0.4 is 9.62 Å². The van der Waals surface area contributed by atoms with Crippen molar-refractivity contribution < 1.29 is 22.4 Å². The maximum Gasteiger partial charge on any atom is 0.264 e. The molecule has 3 aromatic carbocycles. The molecule has 0 radical (unpaired) electrons. The number of aryl methyl sites for hydroxylation is 2. The fraction of sp³-hybridized carbons (Fsp3) is 0.286. The van der Waals surface area contributed by atoms with Crippen LogP contribution in [-0.2, 0) is 26.2 Å². The van der Waals surface area contributed by atoms with Gasteiger partial charge in [-0.05, 0) is 61.7 Å². The number of amides is 2. The van der Waals surface area contributed by atoms with E-state index in [1.54, 1.807) is 44.2 Å². The third kappa shape index (κ3) is 6.54. The van der Waals surface area contributed by atoms with E-state index in [-0.39, 0.29) is 17.3 Å². The molecule has 3 aromatic rings. The summed E-state index contributed by atoms with van der Waals surface area (Å²) in [6, 6.07) is 18.0. The summed E-state index contributed by atoms with van der Waals surface area (Å²) in [6.07, 6.45) is 0.307. The predicted molar refractivity (Wildman–Crippen MR) is 142 cm³/mol. The highest BCUT2D eigenvalue weighted by atomic mass is 32.2. The van der Waals surface area contributed by atoms with Crippen LogP contribution >= 0.6 is 0 Å². The molecule has 0 heterocycles. The Balaban J connectivity index is 2.08. The molecule has 7 nitrogen and oxygen atoms in total. The molecule has 1 N–H and O–H groups in total. The third-order valence-corrected chi connectivity index (χ3v) is 7.90. The van der Waals surface area contributed by atoms with Gasteiger partial charge in [0.15, 0.2) is 0 Å². The first kappa shape index (κ1) is 27.9. The van der Waals surface area contributed by atoms with Crippen molar-refractivity contribution in [3.05, 3.63) is 95.3 Å². The van der Waals surface area contributed by atoms with Crippen LogP contribution in [0.2, 0.25) is 0 Å². The van der Waals surface area contributed by atoms with Gasteiger partial charge in [0.1, 0.15) is 18.4 Å². The van der Waals surface area contributed by atoms with Crippen LogP contribution in [0.4, 0.5) is 10.1 Å². The zero-order valence-corrected chi connectivity index (χ0v) is 22.3. The average Bonchev–Trinajstić information content (AvgIpc) is 2.88. The number of hydrogen-bond donors (Lipinski definition) is 1. The topological polar surface area (TPSA) is 86.8 Å². The summed E-state index contributed by atoms with van der Waals surface area (Å²) in [5, 5.41) is 2.58. The molecule has 0 fully saturated rings. The van der Waals surface area contributed by atoms with E-state index in [1.165, 1.54) is 48.3 Å². The second-order valence-corrected chi connectivity index (χ2v) is 10.7. The van der Waals surface area contributed by atoms with Crippen LogP contribution in [0.1, 0.15) is 30.0 Å². The molecule has 0 aromatic heterocycles. The zero-order chi connectivity index (χ0) is 27.2. The standard InChI is InChI=1S/C28H32FN3O4S/c1-5-25(28(34)30-4)31(18-22-12-14-23(29)15-13-22)27(33)19-32(26-16-11-20(2)17-21(26)3)37(35,36)24-9-7-6-8-10-24/h6-17,25H,5,18-19H2,1-4H3,(H,30,34). The second kappa shape index (κ2) is 12.0. The van der Waals surface area contributed by atoms with Gasteiger partial charge < -0.3 is 10.2 Å². The summed E-state index contributed by atoms with van der Waals surface area (Å²) < 4.78 is 42.2. The fourth-order valence-electron chi connectivity index (χ4n) is 4.19. The van der Waals surface area contributed by atoms with Gasteiger partial charge in [-0.1, -0.05) is 55.0 Å². The maximum absolute atomic E-state index is 13.8. The van der Waals surface area contributed by atoms with E-state index in [2.05, 4.69) is 5.32 Å². The van der Waals surface area contributed by atoms with Gasteiger partial charge in [-0.15, -0.1) is 0 Å². The van der Waals surface area contributed by atoms with Gasteiger partial charge >= 0.3 is 0 Å². The third-order valence-electron chi connectivity index (χ3n) is 6.13. The Morgan fingerprint density at radius 2 is 1.62 bits per heavy atom. The highest BCUT2D eigenvalue weighted by Gasteiger charge is 2.33. The summed E-state index contributed by atoms with van der Waals surface area (Å²) in [4.78, 5) is 27.9. The number of sulfonamides is 1. The van der Waals surface area contributed by atoms with Gasteiger partial charge in [-0.2, -0.15) is 0 Å². The number of rotatable bonds is 10. The highest BCUT2D eigenvalue weighted by molar-refractivity contribution is 7.92. The predicted octanol–water partition coefficient (Wildman–Crippen LogP) is 4.19. The van der Waals surface area contributed by atoms with Crippen molar-refractivity contribution in [1.29, 1.82) is 0 Å². The number of hydrogen-bond acceptors (Lipinski definition) is 4. The van der Waals surface area contributed by atoms with Crippen molar-refractivity contribution in [2.75, 3.05) is 17.9 Å². The molecule has 37 heavy (non-hydrogen) atoms. The lowest BCUT2D eigenvalue weighted by Gasteiger charge is -2.33. The van der Waals surface area contributed by atoms with Crippen molar-refractivity contribution in [3.8, 4) is 0 Å². The number of carbonyl (C=O) groups is 2. The first-order valence-electron chi connectivity index (χ1n) is 12.0. The molecule has 1 atom stereocenters. The first-order valence-corrected chi connectivity index (χ1v) is 13.4. The van der Waals surface area contributed by atoms with E-state index in [1.807, 2.05) is 13.0 Å². The van der Waals surface area contributed by atoms with Crippen molar-refractivity contribution in [2.45, 2.75) is 44.7 Å². The maximum atomic E-state index is 13.8. The van der Waals surface area contributed by atoms with Gasteiger partial charge in [0, 0.05) is 13.6 Å². The van der Waals surface area contributed by atoms with Crippen LogP contribution in [0.25, 0.3) is 0 Å². The number of benzene rings is 3. The monoisotopic (exact) mass is 525 g/mol. The summed E-state index contributed by atoms with van der Waals surface area (Å²) in [7, 11) is -2.64. The van der Waals surface area contributed by atoms with Crippen molar-refractivity contribution in [3.63, 3.8) is 0 Å². The van der Waals surface area contributed by atoms with Crippen LogP contribution in [0.3, 0.4) is 0 Å². The van der Waals surface area contributed by atoms with E-state index in [0.717, 1.165) is 9.87 Å². The van der Waals surface area contributed by atoms with E-state index in [4.69, 9.17) is 0 Å². The highest BCUT2D eigenvalue weighted by Crippen LogP contribution is 2.28. The number of halogens is 1. The summed E-state index contributed by atoms with van der Waals surface area (Å²) in [5.41, 5.74) is 2.63. The number of likely N-dealkylation sites (N-methyl/N-ethyl adjacent to an activating group) is 1. The van der Waals surface area contributed by atoms with Gasteiger partial charge in [0.2, 0.25) is 11.8 Å². The quantitative estimate of drug-likeness (QED) is 0.430. The zero-order valence-electron chi connectivity index (χ0n) is 21.4. The number of anilines is 1. The molecule has 1 unspecified atom stereocenters. The summed E-state index contributed by atoms with van der Waals surface area (Å²) in [6.45, 7) is 4.95. The fourth-order valence-corrected chi connectivity index (χ4v) is 5.69. The van der Waals surface area contributed by atoms with E-state index >= 15 is 0 Å². The molecular weight excluding hydrogens is 493 g/mol. The Kier molecular flexibility index (Phi) is 9.04.